The number of nitrogens with zero attached hydrogens (tertiary/aromatic N) is 4. The van der Waals surface area contributed by atoms with Gasteiger partial charge in [0, 0.05) is 26.0 Å². The number of benzene rings is 2. The standard InChI is InChI=1S/C23H22N6O7S/c1-28(37(34,35)17-9-7-16(8-10-17)36-15-5-3-2-4-6-15)18(21(30)27-33)11-14-29-20-19(24-12-13-25-20)22(31)26-23(29)32/h2-10,12-13,18,33H,11,14H2,1H3,(H,27,30)(H,26,31,32). The molecule has 2 aromatic carbocycles. The molecule has 0 fully saturated rings. The highest BCUT2D eigenvalue weighted by molar-refractivity contribution is 7.89. The summed E-state index contributed by atoms with van der Waals surface area (Å²) < 4.78 is 34.1. The van der Waals surface area contributed by atoms with Crippen molar-refractivity contribution in [3.63, 3.8) is 0 Å². The van der Waals surface area contributed by atoms with Gasteiger partial charge in [-0.2, -0.15) is 4.31 Å². The highest BCUT2D eigenvalue weighted by atomic mass is 32.2. The summed E-state index contributed by atoms with van der Waals surface area (Å²) in [4.78, 5) is 46.8. The van der Waals surface area contributed by atoms with E-state index in [1.54, 1.807) is 24.3 Å². The van der Waals surface area contributed by atoms with Crippen molar-refractivity contribution in [1.82, 2.24) is 29.3 Å². The van der Waals surface area contributed by atoms with Crippen LogP contribution in [0.3, 0.4) is 0 Å². The van der Waals surface area contributed by atoms with Gasteiger partial charge in [-0.15, -0.1) is 0 Å². The minimum absolute atomic E-state index is 0.0288. The van der Waals surface area contributed by atoms with Crippen molar-refractivity contribution in [3.05, 3.63) is 87.8 Å². The summed E-state index contributed by atoms with van der Waals surface area (Å²) in [6.07, 6.45) is 2.33. The normalized spacial score (nSPS) is 12.4. The quantitative estimate of drug-likeness (QED) is 0.211. The molecule has 0 bridgehead atoms. The van der Waals surface area contributed by atoms with Gasteiger partial charge in [0.05, 0.1) is 4.90 Å². The van der Waals surface area contributed by atoms with Crippen LogP contribution < -0.4 is 21.5 Å². The fourth-order valence-corrected chi connectivity index (χ4v) is 5.01. The summed E-state index contributed by atoms with van der Waals surface area (Å²) in [5.41, 5.74) is -0.191. The smallest absolute Gasteiger partial charge is 0.330 e. The van der Waals surface area contributed by atoms with Crippen molar-refractivity contribution in [3.8, 4) is 11.5 Å². The molecule has 4 aromatic rings. The molecule has 0 aliphatic heterocycles. The number of amides is 1. The number of ether oxygens (including phenoxy) is 1. The maximum absolute atomic E-state index is 13.3. The number of aromatic amines is 1. The number of hydrogen-bond donors (Lipinski definition) is 3. The maximum Gasteiger partial charge on any atom is 0.330 e. The average Bonchev–Trinajstić information content (AvgIpc) is 2.91. The van der Waals surface area contributed by atoms with Crippen LogP contribution in [0.4, 0.5) is 0 Å². The molecule has 1 unspecified atom stereocenters. The number of aryl methyl sites for hydroxylation is 1. The molecule has 192 valence electrons. The van der Waals surface area contributed by atoms with E-state index in [2.05, 4.69) is 15.0 Å². The van der Waals surface area contributed by atoms with Gasteiger partial charge >= 0.3 is 5.69 Å². The number of carbonyl (C=O) groups is 1. The second-order valence-electron chi connectivity index (χ2n) is 7.83. The second-order valence-corrected chi connectivity index (χ2v) is 9.83. The molecule has 0 saturated carbocycles. The Kier molecular flexibility index (Phi) is 7.42. The second kappa shape index (κ2) is 10.7. The fraction of sp³-hybridized carbons (Fsp3) is 0.174. The van der Waals surface area contributed by atoms with E-state index >= 15 is 0 Å². The third-order valence-electron chi connectivity index (χ3n) is 5.57. The van der Waals surface area contributed by atoms with E-state index in [4.69, 9.17) is 4.74 Å². The Morgan fingerprint density at radius 3 is 2.41 bits per heavy atom. The number of nitrogens with one attached hydrogen (secondary N) is 2. The average molecular weight is 527 g/mol. The molecular weight excluding hydrogens is 504 g/mol. The highest BCUT2D eigenvalue weighted by Gasteiger charge is 2.33. The molecule has 2 heterocycles. The SMILES string of the molecule is CN(C(CCn1c(=O)[nH]c(=O)c2nccnc21)C(=O)NO)S(=O)(=O)c1ccc(Oc2ccccc2)cc1. The lowest BCUT2D eigenvalue weighted by Crippen LogP contribution is -2.47. The number of carbonyl (C=O) groups excluding carboxylic acids is 1. The Morgan fingerprint density at radius 1 is 1.08 bits per heavy atom. The van der Waals surface area contributed by atoms with E-state index in [1.165, 1.54) is 49.2 Å². The predicted molar refractivity (Wildman–Crippen MR) is 131 cm³/mol. The molecule has 1 atom stereocenters. The van der Waals surface area contributed by atoms with Gasteiger partial charge in [0.2, 0.25) is 10.0 Å². The number of para-hydroxylation sites is 1. The maximum atomic E-state index is 13.3. The number of hydroxylamine groups is 1. The molecule has 0 saturated heterocycles. The van der Waals surface area contributed by atoms with Crippen LogP contribution >= 0.6 is 0 Å². The number of aromatic nitrogens is 4. The molecule has 0 radical (unpaired) electrons. The first kappa shape index (κ1) is 25.7. The molecule has 14 heteroatoms. The molecule has 3 N–H and O–H groups in total. The molecule has 0 aliphatic rings. The van der Waals surface area contributed by atoms with Gasteiger partial charge in [-0.25, -0.2) is 28.7 Å². The summed E-state index contributed by atoms with van der Waals surface area (Å²) in [7, 11) is -3.04. The molecule has 37 heavy (non-hydrogen) atoms. The van der Waals surface area contributed by atoms with Crippen molar-refractivity contribution >= 4 is 27.1 Å². The molecule has 0 spiro atoms. The summed E-state index contributed by atoms with van der Waals surface area (Å²) in [6, 6.07) is 13.1. The van der Waals surface area contributed by atoms with Gasteiger partial charge in [-0.3, -0.25) is 24.3 Å². The first-order valence-electron chi connectivity index (χ1n) is 10.9. The van der Waals surface area contributed by atoms with Gasteiger partial charge in [0.1, 0.15) is 17.5 Å². The van der Waals surface area contributed by atoms with Gasteiger partial charge in [0.25, 0.3) is 11.5 Å². The zero-order valence-electron chi connectivity index (χ0n) is 19.4. The summed E-state index contributed by atoms with van der Waals surface area (Å²) in [5.74, 6) is -0.0320. The Morgan fingerprint density at radius 2 is 1.73 bits per heavy atom. The number of likely N-dealkylation sites (N-methyl/N-ethyl adjacent to an activating group) is 1. The molecule has 2 aromatic heterocycles. The molecule has 0 aliphatic carbocycles. The van der Waals surface area contributed by atoms with Crippen LogP contribution in [0.1, 0.15) is 6.42 Å². The summed E-state index contributed by atoms with van der Waals surface area (Å²) in [5, 5.41) is 9.25. The number of H-pyrrole nitrogens is 1. The summed E-state index contributed by atoms with van der Waals surface area (Å²) in [6.45, 7) is -0.216. The van der Waals surface area contributed by atoms with Crippen molar-refractivity contribution in [2.75, 3.05) is 7.05 Å². The van der Waals surface area contributed by atoms with Crippen LogP contribution in [0.5, 0.6) is 11.5 Å². The minimum Gasteiger partial charge on any atom is -0.457 e. The van der Waals surface area contributed by atoms with Crippen LogP contribution in [0, 0.1) is 0 Å². The molecule has 4 rings (SSSR count). The monoisotopic (exact) mass is 526 g/mol. The predicted octanol–water partition coefficient (Wildman–Crippen LogP) is 0.857. The lowest BCUT2D eigenvalue weighted by atomic mass is 10.2. The number of sulfonamides is 1. The first-order chi connectivity index (χ1) is 17.7. The van der Waals surface area contributed by atoms with Gasteiger partial charge in [-0.1, -0.05) is 18.2 Å². The van der Waals surface area contributed by atoms with Crippen molar-refractivity contribution < 1.29 is 23.2 Å². The van der Waals surface area contributed by atoms with E-state index in [-0.39, 0.29) is 29.0 Å². The lowest BCUT2D eigenvalue weighted by Gasteiger charge is -2.26. The highest BCUT2D eigenvalue weighted by Crippen LogP contribution is 2.25. The Labute approximate surface area is 210 Å². The van der Waals surface area contributed by atoms with Crippen LogP contribution in [-0.2, 0) is 21.4 Å². The summed E-state index contributed by atoms with van der Waals surface area (Å²) >= 11 is 0. The number of hydrogen-bond acceptors (Lipinski definition) is 9. The number of fused-ring (bicyclic) bond motifs is 1. The number of rotatable bonds is 9. The fourth-order valence-electron chi connectivity index (χ4n) is 3.66. The Balaban J connectivity index is 1.58. The van der Waals surface area contributed by atoms with Gasteiger partial charge < -0.3 is 4.74 Å². The van der Waals surface area contributed by atoms with E-state index in [0.29, 0.717) is 11.5 Å². The zero-order chi connectivity index (χ0) is 26.6. The van der Waals surface area contributed by atoms with E-state index in [0.717, 1.165) is 8.87 Å². The Bertz CT molecular complexity index is 1640. The van der Waals surface area contributed by atoms with E-state index in [1.807, 2.05) is 6.07 Å². The van der Waals surface area contributed by atoms with Gasteiger partial charge in [-0.05, 0) is 42.8 Å². The third-order valence-corrected chi connectivity index (χ3v) is 7.45. The van der Waals surface area contributed by atoms with E-state index in [9.17, 15) is 28.0 Å². The zero-order valence-corrected chi connectivity index (χ0v) is 20.3. The van der Waals surface area contributed by atoms with Crippen LogP contribution in [0.15, 0.2) is 81.5 Å². The van der Waals surface area contributed by atoms with Crippen LogP contribution in [0.25, 0.3) is 11.2 Å². The van der Waals surface area contributed by atoms with Crippen molar-refractivity contribution in [2.24, 2.45) is 0 Å². The Hall–Kier alpha value is -4.40. The van der Waals surface area contributed by atoms with E-state index < -0.39 is 33.2 Å². The minimum atomic E-state index is -4.21. The first-order valence-corrected chi connectivity index (χ1v) is 12.3. The molecular formula is C23H22N6O7S. The lowest BCUT2D eigenvalue weighted by molar-refractivity contribution is -0.133. The van der Waals surface area contributed by atoms with Crippen molar-refractivity contribution in [2.45, 2.75) is 23.9 Å². The van der Waals surface area contributed by atoms with Crippen molar-refractivity contribution in [1.29, 1.82) is 0 Å². The third kappa shape index (κ3) is 5.40. The van der Waals surface area contributed by atoms with Crippen LogP contribution in [0.2, 0.25) is 0 Å². The van der Waals surface area contributed by atoms with Gasteiger partial charge in [0.15, 0.2) is 11.2 Å². The molecule has 13 nitrogen and oxygen atoms in total. The topological polar surface area (TPSA) is 177 Å². The molecule has 1 amide bonds. The van der Waals surface area contributed by atoms with Crippen LogP contribution in [-0.4, -0.2) is 56.4 Å². The largest absolute Gasteiger partial charge is 0.457 e.